The zero-order valence-electron chi connectivity index (χ0n) is 14.4. The number of fused-ring (bicyclic) bond motifs is 1. The molecule has 0 N–H and O–H groups in total. The van der Waals surface area contributed by atoms with Crippen molar-refractivity contribution in [2.45, 2.75) is 52.0 Å². The van der Waals surface area contributed by atoms with Crippen LogP contribution in [0.4, 0.5) is 0 Å². The quantitative estimate of drug-likeness (QED) is 0.471. The van der Waals surface area contributed by atoms with Crippen molar-refractivity contribution >= 4 is 20.4 Å². The summed E-state index contributed by atoms with van der Waals surface area (Å²) in [4.78, 5) is 0. The Morgan fingerprint density at radius 2 is 1.27 bits per heavy atom. The molecule has 0 atom stereocenters. The molecule has 0 unspecified atom stereocenters. The molecule has 0 saturated heterocycles. The van der Waals surface area contributed by atoms with Crippen molar-refractivity contribution in [1.29, 1.82) is 0 Å². The fourth-order valence-electron chi connectivity index (χ4n) is 2.44. The molecule has 0 bridgehead atoms. The second-order valence-electron chi connectivity index (χ2n) is 5.11. The fourth-order valence-corrected chi connectivity index (χ4v) is 5.96. The van der Waals surface area contributed by atoms with Gasteiger partial charge >= 0.3 is 8.80 Å². The smallest absolute Gasteiger partial charge is 0.373 e. The zero-order chi connectivity index (χ0) is 16.6. The Bertz CT molecular complexity index is 415. The van der Waals surface area contributed by atoms with Gasteiger partial charge in [0.25, 0.3) is 0 Å². The van der Waals surface area contributed by atoms with Crippen LogP contribution >= 0.6 is 11.6 Å². The molecule has 2 rings (SSSR count). The molecule has 0 aliphatic heterocycles. The highest BCUT2D eigenvalue weighted by atomic mass is 35.5. The van der Waals surface area contributed by atoms with E-state index >= 15 is 0 Å². The first kappa shape index (κ1) is 19.7. The minimum absolute atomic E-state index is 0.505. The van der Waals surface area contributed by atoms with Crippen molar-refractivity contribution in [3.8, 4) is 11.1 Å². The molecular weight excluding hydrogens is 316 g/mol. The molecule has 2 aliphatic rings. The standard InChI is InChI=1S/C11H25ClO3Si.C6H4/c1-6-11(12,7-2)16(13-8-3,14-9-4)15-10-5;1-2-5-4-6(5)3-1/h6-10H2,1-5H3;1-4H. The van der Waals surface area contributed by atoms with E-state index in [9.17, 15) is 0 Å². The van der Waals surface area contributed by atoms with Gasteiger partial charge in [0, 0.05) is 19.8 Å². The first-order valence-corrected chi connectivity index (χ1v) is 10.3. The first-order valence-electron chi connectivity index (χ1n) is 8.23. The molecule has 0 radical (unpaired) electrons. The molecule has 3 nitrogen and oxygen atoms in total. The fraction of sp³-hybridized carbons (Fsp3) is 0.647. The van der Waals surface area contributed by atoms with E-state index in [1.807, 2.05) is 20.8 Å². The van der Waals surface area contributed by atoms with Crippen molar-refractivity contribution in [2.24, 2.45) is 0 Å². The van der Waals surface area contributed by atoms with Gasteiger partial charge in [-0.25, -0.2) is 0 Å². The minimum Gasteiger partial charge on any atom is -0.373 e. The lowest BCUT2D eigenvalue weighted by atomic mass is 10.2. The molecule has 0 aromatic rings. The van der Waals surface area contributed by atoms with Crippen molar-refractivity contribution in [3.05, 3.63) is 24.3 Å². The molecule has 0 fully saturated rings. The maximum atomic E-state index is 6.65. The molecule has 22 heavy (non-hydrogen) atoms. The lowest BCUT2D eigenvalue weighted by Crippen LogP contribution is -2.62. The predicted molar refractivity (Wildman–Crippen MR) is 95.2 cm³/mol. The third-order valence-corrected chi connectivity index (χ3v) is 8.82. The van der Waals surface area contributed by atoms with Gasteiger partial charge in [0.2, 0.25) is 0 Å². The van der Waals surface area contributed by atoms with Crippen molar-refractivity contribution in [2.75, 3.05) is 19.8 Å². The van der Waals surface area contributed by atoms with E-state index in [-0.39, 0.29) is 0 Å². The van der Waals surface area contributed by atoms with E-state index in [0.717, 1.165) is 12.8 Å². The van der Waals surface area contributed by atoms with E-state index in [1.54, 1.807) is 0 Å². The largest absolute Gasteiger partial charge is 0.523 e. The van der Waals surface area contributed by atoms with Crippen LogP contribution in [0.3, 0.4) is 0 Å². The van der Waals surface area contributed by atoms with Crippen LogP contribution in [0.2, 0.25) is 0 Å². The van der Waals surface area contributed by atoms with Gasteiger partial charge in [-0.3, -0.25) is 0 Å². The Morgan fingerprint density at radius 3 is 1.45 bits per heavy atom. The predicted octanol–water partition coefficient (Wildman–Crippen LogP) is 5.04. The second kappa shape index (κ2) is 9.04. The molecule has 126 valence electrons. The van der Waals surface area contributed by atoms with E-state index in [2.05, 4.69) is 38.1 Å². The summed E-state index contributed by atoms with van der Waals surface area (Å²) in [7, 11) is -2.78. The van der Waals surface area contributed by atoms with E-state index in [4.69, 9.17) is 24.9 Å². The van der Waals surface area contributed by atoms with Gasteiger partial charge in [0.15, 0.2) is 0 Å². The monoisotopic (exact) mass is 344 g/mol. The Hall–Kier alpha value is -0.393. The normalized spacial score (nSPS) is 12.6. The summed E-state index contributed by atoms with van der Waals surface area (Å²) in [6, 6.07) is 8.48. The van der Waals surface area contributed by atoms with E-state index in [1.165, 1.54) is 11.1 Å². The summed E-state index contributed by atoms with van der Waals surface area (Å²) in [5, 5.41) is 0. The molecular formula is C17H29ClO3Si. The van der Waals surface area contributed by atoms with Gasteiger partial charge in [0.05, 0.1) is 0 Å². The average molecular weight is 345 g/mol. The molecule has 0 saturated carbocycles. The number of hydrogen-bond acceptors (Lipinski definition) is 3. The third-order valence-electron chi connectivity index (χ3n) is 3.79. The lowest BCUT2D eigenvalue weighted by molar-refractivity contribution is 0.0552. The van der Waals surface area contributed by atoms with Crippen molar-refractivity contribution < 1.29 is 13.3 Å². The van der Waals surface area contributed by atoms with Crippen molar-refractivity contribution in [1.82, 2.24) is 0 Å². The van der Waals surface area contributed by atoms with Crippen LogP contribution < -0.4 is 0 Å². The van der Waals surface area contributed by atoms with Gasteiger partial charge in [-0.2, -0.15) is 0 Å². The van der Waals surface area contributed by atoms with Crippen LogP contribution in [0.1, 0.15) is 47.5 Å². The van der Waals surface area contributed by atoms with Crippen LogP contribution in [0.5, 0.6) is 0 Å². The van der Waals surface area contributed by atoms with Crippen LogP contribution in [-0.4, -0.2) is 33.1 Å². The van der Waals surface area contributed by atoms with Crippen LogP contribution in [0, 0.1) is 0 Å². The Morgan fingerprint density at radius 1 is 0.864 bits per heavy atom. The number of hydrogen-bond donors (Lipinski definition) is 0. The molecule has 0 spiro atoms. The second-order valence-corrected chi connectivity index (χ2v) is 9.08. The van der Waals surface area contributed by atoms with Gasteiger partial charge in [0.1, 0.15) is 4.50 Å². The average Bonchev–Trinajstić information content (AvgIpc) is 3.13. The topological polar surface area (TPSA) is 27.7 Å². The molecule has 2 aliphatic carbocycles. The summed E-state index contributed by atoms with van der Waals surface area (Å²) >= 11 is 6.65. The number of halogens is 1. The van der Waals surface area contributed by atoms with E-state index < -0.39 is 13.3 Å². The van der Waals surface area contributed by atoms with Crippen LogP contribution in [0.25, 0.3) is 11.1 Å². The third kappa shape index (κ3) is 4.55. The Kier molecular flexibility index (Phi) is 8.07. The van der Waals surface area contributed by atoms with Crippen molar-refractivity contribution in [3.63, 3.8) is 0 Å². The summed E-state index contributed by atoms with van der Waals surface area (Å²) in [6.45, 7) is 11.7. The Balaban J connectivity index is 0.000000323. The highest BCUT2D eigenvalue weighted by Crippen LogP contribution is 2.37. The molecule has 0 aromatic carbocycles. The summed E-state index contributed by atoms with van der Waals surface area (Å²) in [5.74, 6) is 0. The zero-order valence-corrected chi connectivity index (χ0v) is 16.2. The highest BCUT2D eigenvalue weighted by molar-refractivity contribution is 6.74. The molecule has 5 heteroatoms. The first-order chi connectivity index (χ1) is 10.5. The maximum absolute atomic E-state index is 6.65. The number of alkyl halides is 1. The summed E-state index contributed by atoms with van der Waals surface area (Å²) in [6.07, 6.45) is 1.58. The molecule has 0 amide bonds. The van der Waals surface area contributed by atoms with Gasteiger partial charge < -0.3 is 13.3 Å². The summed E-state index contributed by atoms with van der Waals surface area (Å²) in [5.41, 5.74) is 2.85. The molecule has 0 heterocycles. The lowest BCUT2D eigenvalue weighted by Gasteiger charge is -2.40. The van der Waals surface area contributed by atoms with Gasteiger partial charge in [-0.15, -0.1) is 11.6 Å². The minimum atomic E-state index is -2.78. The number of rotatable bonds is 9. The van der Waals surface area contributed by atoms with Crippen LogP contribution in [-0.2, 0) is 13.3 Å². The maximum Gasteiger partial charge on any atom is 0.523 e. The highest BCUT2D eigenvalue weighted by Gasteiger charge is 2.58. The molecule has 0 aromatic heterocycles. The summed E-state index contributed by atoms with van der Waals surface area (Å²) < 4.78 is 17.0. The Labute approximate surface area is 141 Å². The van der Waals surface area contributed by atoms with Crippen LogP contribution in [0.15, 0.2) is 24.3 Å². The van der Waals surface area contributed by atoms with Gasteiger partial charge in [-0.05, 0) is 50.8 Å². The van der Waals surface area contributed by atoms with E-state index in [0.29, 0.717) is 19.8 Å². The van der Waals surface area contributed by atoms with Gasteiger partial charge in [-0.1, -0.05) is 32.0 Å². The SMILES string of the molecule is CCO[Si](OCC)(OCC)C(Cl)(CC)CC.c1cc2cc-2c1. The number of benzene rings is 1.